The molecule has 0 saturated carbocycles. The first-order valence-electron chi connectivity index (χ1n) is 4.98. The van der Waals surface area contributed by atoms with Gasteiger partial charge in [-0.15, -0.1) is 0 Å². The number of aliphatic hydroxyl groups is 1. The SMILES string of the molecule is CCC(C)(O)COc1ccccc1C=O. The van der Waals surface area contributed by atoms with Gasteiger partial charge in [0.25, 0.3) is 0 Å². The monoisotopic (exact) mass is 208 g/mol. The summed E-state index contributed by atoms with van der Waals surface area (Å²) in [7, 11) is 0. The minimum Gasteiger partial charge on any atom is -0.490 e. The molecule has 82 valence electrons. The zero-order valence-corrected chi connectivity index (χ0v) is 9.06. The second-order valence-electron chi connectivity index (χ2n) is 3.79. The lowest BCUT2D eigenvalue weighted by atomic mass is 10.1. The Labute approximate surface area is 89.7 Å². The van der Waals surface area contributed by atoms with E-state index in [1.165, 1.54) is 0 Å². The number of rotatable bonds is 5. The van der Waals surface area contributed by atoms with E-state index in [-0.39, 0.29) is 6.61 Å². The molecule has 1 rings (SSSR count). The van der Waals surface area contributed by atoms with Crippen LogP contribution in [0.25, 0.3) is 0 Å². The number of hydrogen-bond donors (Lipinski definition) is 1. The van der Waals surface area contributed by atoms with Crippen molar-refractivity contribution in [1.29, 1.82) is 0 Å². The molecule has 0 aromatic heterocycles. The fraction of sp³-hybridized carbons (Fsp3) is 0.417. The topological polar surface area (TPSA) is 46.5 Å². The number of carbonyl (C=O) groups excluding carboxylic acids is 1. The third-order valence-electron chi connectivity index (χ3n) is 2.35. The van der Waals surface area contributed by atoms with E-state index in [1.54, 1.807) is 31.2 Å². The van der Waals surface area contributed by atoms with Crippen LogP contribution in [0, 0.1) is 0 Å². The minimum absolute atomic E-state index is 0.189. The first-order valence-corrected chi connectivity index (χ1v) is 4.98. The molecule has 1 atom stereocenters. The molecular formula is C12H16O3. The van der Waals surface area contributed by atoms with Crippen LogP contribution in [-0.2, 0) is 0 Å². The smallest absolute Gasteiger partial charge is 0.153 e. The maximum Gasteiger partial charge on any atom is 0.153 e. The van der Waals surface area contributed by atoms with E-state index in [0.717, 1.165) is 6.29 Å². The highest BCUT2D eigenvalue weighted by Gasteiger charge is 2.18. The van der Waals surface area contributed by atoms with E-state index < -0.39 is 5.60 Å². The van der Waals surface area contributed by atoms with Gasteiger partial charge in [0.15, 0.2) is 6.29 Å². The van der Waals surface area contributed by atoms with Gasteiger partial charge in [-0.3, -0.25) is 4.79 Å². The van der Waals surface area contributed by atoms with Gasteiger partial charge in [0.05, 0.1) is 11.2 Å². The van der Waals surface area contributed by atoms with Crippen molar-refractivity contribution < 1.29 is 14.6 Å². The van der Waals surface area contributed by atoms with E-state index >= 15 is 0 Å². The Kier molecular flexibility index (Phi) is 3.86. The molecular weight excluding hydrogens is 192 g/mol. The van der Waals surface area contributed by atoms with E-state index in [2.05, 4.69) is 0 Å². The number of hydrogen-bond acceptors (Lipinski definition) is 3. The Bertz CT molecular complexity index is 331. The molecule has 0 bridgehead atoms. The largest absolute Gasteiger partial charge is 0.490 e. The number of para-hydroxylation sites is 1. The summed E-state index contributed by atoms with van der Waals surface area (Å²) in [5.41, 5.74) is -0.347. The molecule has 0 aliphatic rings. The number of ether oxygens (including phenoxy) is 1. The van der Waals surface area contributed by atoms with Crippen molar-refractivity contribution in [2.75, 3.05) is 6.61 Å². The zero-order valence-electron chi connectivity index (χ0n) is 9.06. The summed E-state index contributed by atoms with van der Waals surface area (Å²) in [5.74, 6) is 0.515. The van der Waals surface area contributed by atoms with Crippen molar-refractivity contribution >= 4 is 6.29 Å². The van der Waals surface area contributed by atoms with Crippen LogP contribution >= 0.6 is 0 Å². The molecule has 1 N–H and O–H groups in total. The van der Waals surface area contributed by atoms with Crippen molar-refractivity contribution in [3.8, 4) is 5.75 Å². The van der Waals surface area contributed by atoms with Crippen LogP contribution in [-0.4, -0.2) is 23.6 Å². The molecule has 0 radical (unpaired) electrons. The van der Waals surface area contributed by atoms with Gasteiger partial charge in [0, 0.05) is 0 Å². The standard InChI is InChI=1S/C12H16O3/c1-3-12(2,14)9-15-11-7-5-4-6-10(11)8-13/h4-8,14H,3,9H2,1-2H3. The van der Waals surface area contributed by atoms with Gasteiger partial charge >= 0.3 is 0 Å². The van der Waals surface area contributed by atoms with E-state index in [9.17, 15) is 9.90 Å². The molecule has 0 spiro atoms. The summed E-state index contributed by atoms with van der Waals surface area (Å²) < 4.78 is 5.40. The molecule has 3 heteroatoms. The first kappa shape index (κ1) is 11.7. The van der Waals surface area contributed by atoms with Crippen molar-refractivity contribution in [2.45, 2.75) is 25.9 Å². The fourth-order valence-electron chi connectivity index (χ4n) is 1.04. The molecule has 0 aliphatic carbocycles. The summed E-state index contributed by atoms with van der Waals surface area (Å²) in [4.78, 5) is 10.7. The highest BCUT2D eigenvalue weighted by Crippen LogP contribution is 2.18. The van der Waals surface area contributed by atoms with Crippen molar-refractivity contribution in [1.82, 2.24) is 0 Å². The van der Waals surface area contributed by atoms with Crippen LogP contribution in [0.4, 0.5) is 0 Å². The molecule has 0 fully saturated rings. The Morgan fingerprint density at radius 2 is 2.13 bits per heavy atom. The molecule has 3 nitrogen and oxygen atoms in total. The lowest BCUT2D eigenvalue weighted by molar-refractivity contribution is 0.00826. The summed E-state index contributed by atoms with van der Waals surface area (Å²) in [5, 5.41) is 9.73. The molecule has 1 aromatic rings. The van der Waals surface area contributed by atoms with Gasteiger partial charge in [-0.1, -0.05) is 19.1 Å². The van der Waals surface area contributed by atoms with E-state index in [0.29, 0.717) is 17.7 Å². The van der Waals surface area contributed by atoms with Crippen LogP contribution < -0.4 is 4.74 Å². The summed E-state index contributed by atoms with van der Waals surface area (Å²) in [6.45, 7) is 3.78. The lowest BCUT2D eigenvalue weighted by Gasteiger charge is -2.21. The Balaban J connectivity index is 2.69. The van der Waals surface area contributed by atoms with E-state index in [4.69, 9.17) is 4.74 Å². The number of benzene rings is 1. The third-order valence-corrected chi connectivity index (χ3v) is 2.35. The lowest BCUT2D eigenvalue weighted by Crippen LogP contribution is -2.31. The predicted octanol–water partition coefficient (Wildman–Crippen LogP) is 2.04. The second kappa shape index (κ2) is 4.94. The molecule has 15 heavy (non-hydrogen) atoms. The molecule has 0 amide bonds. The number of carbonyl (C=O) groups is 1. The van der Waals surface area contributed by atoms with Gasteiger partial charge in [0.2, 0.25) is 0 Å². The number of aldehydes is 1. The third kappa shape index (κ3) is 3.36. The maximum atomic E-state index is 10.7. The van der Waals surface area contributed by atoms with Gasteiger partial charge in [0.1, 0.15) is 12.4 Å². The highest BCUT2D eigenvalue weighted by atomic mass is 16.5. The van der Waals surface area contributed by atoms with Crippen LogP contribution in [0.2, 0.25) is 0 Å². The van der Waals surface area contributed by atoms with Crippen molar-refractivity contribution in [2.24, 2.45) is 0 Å². The van der Waals surface area contributed by atoms with E-state index in [1.807, 2.05) is 6.92 Å². The summed E-state index contributed by atoms with van der Waals surface area (Å²) in [6, 6.07) is 6.97. The zero-order chi connectivity index (χ0) is 11.3. The summed E-state index contributed by atoms with van der Waals surface area (Å²) in [6.07, 6.45) is 1.35. The molecule has 0 heterocycles. The fourth-order valence-corrected chi connectivity index (χ4v) is 1.04. The molecule has 0 aliphatic heterocycles. The van der Waals surface area contributed by atoms with Gasteiger partial charge in [-0.2, -0.15) is 0 Å². The average molecular weight is 208 g/mol. The van der Waals surface area contributed by atoms with Crippen LogP contribution in [0.3, 0.4) is 0 Å². The average Bonchev–Trinajstić information content (AvgIpc) is 2.27. The Morgan fingerprint density at radius 3 is 2.73 bits per heavy atom. The molecule has 1 unspecified atom stereocenters. The van der Waals surface area contributed by atoms with Crippen LogP contribution in [0.1, 0.15) is 30.6 Å². The Morgan fingerprint density at radius 1 is 1.47 bits per heavy atom. The van der Waals surface area contributed by atoms with Crippen LogP contribution in [0.5, 0.6) is 5.75 Å². The highest BCUT2D eigenvalue weighted by molar-refractivity contribution is 5.79. The summed E-state index contributed by atoms with van der Waals surface area (Å²) >= 11 is 0. The second-order valence-corrected chi connectivity index (χ2v) is 3.79. The minimum atomic E-state index is -0.851. The first-order chi connectivity index (χ1) is 7.09. The quantitative estimate of drug-likeness (QED) is 0.753. The van der Waals surface area contributed by atoms with Crippen molar-refractivity contribution in [3.05, 3.63) is 29.8 Å². The Hall–Kier alpha value is -1.35. The normalized spacial score (nSPS) is 14.3. The van der Waals surface area contributed by atoms with Gasteiger partial charge < -0.3 is 9.84 Å². The molecule has 1 aromatic carbocycles. The maximum absolute atomic E-state index is 10.7. The van der Waals surface area contributed by atoms with Crippen LogP contribution in [0.15, 0.2) is 24.3 Å². The van der Waals surface area contributed by atoms with Crippen molar-refractivity contribution in [3.63, 3.8) is 0 Å². The van der Waals surface area contributed by atoms with Gasteiger partial charge in [-0.05, 0) is 25.5 Å². The molecule has 0 saturated heterocycles. The predicted molar refractivity (Wildman–Crippen MR) is 58.2 cm³/mol. The van der Waals surface area contributed by atoms with Gasteiger partial charge in [-0.25, -0.2) is 0 Å².